The van der Waals surface area contributed by atoms with Crippen LogP contribution in [0.15, 0.2) is 29.2 Å². The lowest BCUT2D eigenvalue weighted by Gasteiger charge is -2.40. The van der Waals surface area contributed by atoms with Gasteiger partial charge in [-0.15, -0.1) is 16.9 Å². The average Bonchev–Trinajstić information content (AvgIpc) is 3.16. The van der Waals surface area contributed by atoms with E-state index in [-0.39, 0.29) is 11.6 Å². The first kappa shape index (κ1) is 19.6. The monoisotopic (exact) mass is 393 g/mol. The molecule has 2 heterocycles. The summed E-state index contributed by atoms with van der Waals surface area (Å²) in [6.45, 7) is 9.45. The Morgan fingerprint density at radius 3 is 2.73 bits per heavy atom. The molecule has 0 spiro atoms. The van der Waals surface area contributed by atoms with Gasteiger partial charge in [0.15, 0.2) is 6.17 Å². The van der Waals surface area contributed by atoms with Crippen LogP contribution in [0.2, 0.25) is 0 Å². The Morgan fingerprint density at radius 1 is 1.35 bits per heavy atom. The third kappa shape index (κ3) is 3.89. The number of likely N-dealkylation sites (N-methyl/N-ethyl adjacent to an activating group) is 1. The fourth-order valence-corrected chi connectivity index (χ4v) is 4.75. The molecule has 1 fully saturated rings. The number of nitrogens with zero attached hydrogens (tertiary/aromatic N) is 4. The number of hydrogen-bond acceptors (Lipinski definition) is 7. The molecule has 1 aliphatic heterocycles. The number of aromatic nitrogens is 2. The van der Waals surface area contributed by atoms with Crippen molar-refractivity contribution >= 4 is 33.9 Å². The van der Waals surface area contributed by atoms with Gasteiger partial charge in [0, 0.05) is 10.3 Å². The third-order valence-corrected chi connectivity index (χ3v) is 6.74. The fourth-order valence-electron chi connectivity index (χ4n) is 3.00. The van der Waals surface area contributed by atoms with E-state index in [4.69, 9.17) is 0 Å². The maximum absolute atomic E-state index is 13.8. The van der Waals surface area contributed by atoms with Crippen LogP contribution in [0.4, 0.5) is 10.8 Å². The number of rotatable bonds is 5. The van der Waals surface area contributed by atoms with Gasteiger partial charge >= 0.3 is 5.13 Å². The first-order chi connectivity index (χ1) is 12.2. The first-order valence-corrected chi connectivity index (χ1v) is 10.6. The summed E-state index contributed by atoms with van der Waals surface area (Å²) in [6, 6.07) is 8.17. The molecule has 2 unspecified atom stereocenters. The van der Waals surface area contributed by atoms with Crippen molar-refractivity contribution in [1.82, 2.24) is 19.7 Å². The highest BCUT2D eigenvalue weighted by atomic mass is 32.2. The highest BCUT2D eigenvalue weighted by Crippen LogP contribution is 2.38. The van der Waals surface area contributed by atoms with E-state index in [1.807, 2.05) is 25.2 Å². The molecule has 3 rings (SSSR count). The molecule has 0 aliphatic carbocycles. The Balaban J connectivity index is 1.90. The Labute approximate surface area is 163 Å². The molecular formula is C18H27N5OS2. The van der Waals surface area contributed by atoms with Crippen LogP contribution in [0.3, 0.4) is 0 Å². The van der Waals surface area contributed by atoms with Crippen molar-refractivity contribution in [3.8, 4) is 0 Å². The summed E-state index contributed by atoms with van der Waals surface area (Å²) in [5.74, 6) is 0.992. The Kier molecular flexibility index (Phi) is 5.60. The molecule has 6 nitrogen and oxygen atoms in total. The number of anilines is 1. The molecule has 2 aromatic rings. The molecule has 1 aliphatic rings. The maximum atomic E-state index is 13.8. The zero-order valence-corrected chi connectivity index (χ0v) is 17.7. The zero-order chi connectivity index (χ0) is 18.9. The van der Waals surface area contributed by atoms with Crippen molar-refractivity contribution in [3.63, 3.8) is 0 Å². The second-order valence-corrected chi connectivity index (χ2v) is 9.97. The van der Waals surface area contributed by atoms with E-state index in [0.29, 0.717) is 18.3 Å². The smallest absolute Gasteiger partial charge is 0.309 e. The summed E-state index contributed by atoms with van der Waals surface area (Å²) >= 11 is 3.21. The van der Waals surface area contributed by atoms with Gasteiger partial charge < -0.3 is 10.5 Å². The first-order valence-electron chi connectivity index (χ1n) is 8.84. The minimum atomic E-state index is -0.505. The number of nitrogens with one attached hydrogen (secondary N) is 1. The molecule has 0 radical (unpaired) electrons. The van der Waals surface area contributed by atoms with Crippen molar-refractivity contribution in [3.05, 3.63) is 34.5 Å². The molecule has 142 valence electrons. The molecule has 0 saturated carbocycles. The van der Waals surface area contributed by atoms with Gasteiger partial charge in [-0.25, -0.2) is 0 Å². The summed E-state index contributed by atoms with van der Waals surface area (Å²) in [6.07, 6.45) is -0.306. The van der Waals surface area contributed by atoms with E-state index >= 15 is 0 Å². The Bertz CT molecular complexity index is 760. The van der Waals surface area contributed by atoms with E-state index in [9.17, 15) is 5.21 Å². The zero-order valence-electron chi connectivity index (χ0n) is 16.0. The molecular weight excluding hydrogens is 366 g/mol. The van der Waals surface area contributed by atoms with Gasteiger partial charge in [-0.2, -0.15) is 0 Å². The van der Waals surface area contributed by atoms with Crippen molar-refractivity contribution in [2.24, 2.45) is 0 Å². The average molecular weight is 394 g/mol. The van der Waals surface area contributed by atoms with Crippen LogP contribution in [0.1, 0.15) is 32.7 Å². The normalized spacial score (nSPS) is 24.2. The number of thioether (sulfide) groups is 1. The lowest BCUT2D eigenvalue weighted by atomic mass is 9.98. The molecule has 1 aromatic carbocycles. The minimum Gasteiger partial charge on any atom is -0.623 e. The molecule has 0 bridgehead atoms. The summed E-state index contributed by atoms with van der Waals surface area (Å²) in [5, 5.41) is 27.3. The van der Waals surface area contributed by atoms with Crippen molar-refractivity contribution in [2.45, 2.75) is 44.2 Å². The van der Waals surface area contributed by atoms with Gasteiger partial charge in [-0.05, 0) is 36.3 Å². The highest BCUT2D eigenvalue weighted by molar-refractivity contribution is 7.99. The summed E-state index contributed by atoms with van der Waals surface area (Å²) in [7, 11) is 1.98. The molecule has 2 atom stereocenters. The van der Waals surface area contributed by atoms with Gasteiger partial charge in [0.05, 0.1) is 12.2 Å². The number of para-hydroxylation sites is 1. The van der Waals surface area contributed by atoms with Crippen LogP contribution >= 0.6 is 23.1 Å². The van der Waals surface area contributed by atoms with E-state index in [0.717, 1.165) is 16.4 Å². The van der Waals surface area contributed by atoms with E-state index in [2.05, 4.69) is 54.2 Å². The molecule has 1 saturated heterocycles. The van der Waals surface area contributed by atoms with E-state index < -0.39 is 4.65 Å². The highest BCUT2D eigenvalue weighted by Gasteiger charge is 2.43. The van der Waals surface area contributed by atoms with Crippen LogP contribution in [-0.4, -0.2) is 47.3 Å². The Hall–Kier alpha value is -1.19. The lowest BCUT2D eigenvalue weighted by Crippen LogP contribution is -2.52. The number of hydroxylamine groups is 2. The van der Waals surface area contributed by atoms with Crippen molar-refractivity contribution in [1.29, 1.82) is 0 Å². The second kappa shape index (κ2) is 7.44. The van der Waals surface area contributed by atoms with Crippen LogP contribution < -0.4 is 9.96 Å². The standard InChI is InChI=1S/C18H27N5OS2/c1-6-25-14-10-8-7-9-13(14)19-15-11-22(5)12-23(15,24)17-21-20-16(26-17)18(2,3)4/h7-10,15,19H,6,11-12H2,1-5H3. The minimum absolute atomic E-state index is 0.103. The van der Waals surface area contributed by atoms with Crippen LogP contribution in [0.25, 0.3) is 0 Å². The molecule has 8 heteroatoms. The Morgan fingerprint density at radius 2 is 2.08 bits per heavy atom. The quantitative estimate of drug-likeness (QED) is 0.469. The number of benzene rings is 1. The number of quaternary nitrogens is 1. The maximum Gasteiger partial charge on any atom is 0.309 e. The molecule has 26 heavy (non-hydrogen) atoms. The van der Waals surface area contributed by atoms with Crippen LogP contribution in [0, 0.1) is 5.21 Å². The van der Waals surface area contributed by atoms with Crippen molar-refractivity contribution in [2.75, 3.05) is 31.3 Å². The van der Waals surface area contributed by atoms with E-state index in [1.54, 1.807) is 11.8 Å². The largest absolute Gasteiger partial charge is 0.623 e. The van der Waals surface area contributed by atoms with Crippen LogP contribution in [-0.2, 0) is 5.41 Å². The number of hydrogen-bond donors (Lipinski definition) is 1. The molecule has 1 aromatic heterocycles. The van der Waals surface area contributed by atoms with Gasteiger partial charge in [0.1, 0.15) is 11.7 Å². The summed E-state index contributed by atoms with van der Waals surface area (Å²) in [4.78, 5) is 3.22. The summed E-state index contributed by atoms with van der Waals surface area (Å²) < 4.78 is -0.505. The second-order valence-electron chi connectivity index (χ2n) is 7.70. The summed E-state index contributed by atoms with van der Waals surface area (Å²) in [5.41, 5.74) is 0.909. The predicted molar refractivity (Wildman–Crippen MR) is 112 cm³/mol. The fraction of sp³-hybridized carbons (Fsp3) is 0.556. The van der Waals surface area contributed by atoms with Crippen molar-refractivity contribution < 1.29 is 0 Å². The topological polar surface area (TPSA) is 64.1 Å². The van der Waals surface area contributed by atoms with Gasteiger partial charge in [0.2, 0.25) is 0 Å². The van der Waals surface area contributed by atoms with Crippen LogP contribution in [0.5, 0.6) is 0 Å². The van der Waals surface area contributed by atoms with Gasteiger partial charge in [-0.1, -0.05) is 44.9 Å². The molecule has 0 amide bonds. The third-order valence-electron chi connectivity index (χ3n) is 4.33. The SMILES string of the molecule is CCSc1ccccc1NC1CN(C)C[N+]1([O-])c1nnc(C(C)(C)C)s1. The lowest BCUT2D eigenvalue weighted by molar-refractivity contribution is 0.322. The predicted octanol–water partition coefficient (Wildman–Crippen LogP) is 4.09. The molecule has 1 N–H and O–H groups in total. The van der Waals surface area contributed by atoms with Gasteiger partial charge in [-0.3, -0.25) is 9.55 Å². The van der Waals surface area contributed by atoms with Gasteiger partial charge in [0.25, 0.3) is 0 Å². The van der Waals surface area contributed by atoms with E-state index in [1.165, 1.54) is 16.2 Å².